The molecule has 8 nitrogen and oxygen atoms in total. The van der Waals surface area contributed by atoms with Gasteiger partial charge in [-0.25, -0.2) is 4.79 Å². The molecule has 150 valence electrons. The fraction of sp³-hybridized carbons (Fsp3) is 0.400. The Bertz CT molecular complexity index is 749. The maximum absolute atomic E-state index is 12.7. The fourth-order valence-electron chi connectivity index (χ4n) is 3.20. The molecule has 0 radical (unpaired) electrons. The van der Waals surface area contributed by atoms with Crippen LogP contribution in [0, 0.1) is 0 Å². The van der Waals surface area contributed by atoms with Gasteiger partial charge in [0.2, 0.25) is 17.7 Å². The van der Waals surface area contributed by atoms with Gasteiger partial charge in [0.25, 0.3) is 0 Å². The number of benzene rings is 1. The largest absolute Gasteiger partial charge is 0.480 e. The van der Waals surface area contributed by atoms with Gasteiger partial charge in [-0.05, 0) is 31.4 Å². The Morgan fingerprint density at radius 3 is 2.54 bits per heavy atom. The minimum Gasteiger partial charge on any atom is -0.480 e. The van der Waals surface area contributed by atoms with E-state index in [-0.39, 0.29) is 6.42 Å². The molecule has 0 bridgehead atoms. The van der Waals surface area contributed by atoms with Crippen LogP contribution < -0.4 is 10.6 Å². The number of likely N-dealkylation sites (tertiary alicyclic amines) is 1. The SMILES string of the molecule is C=CC(=O)N[C@@H](Cc1ccccc1)C(=O)N[C@@H](C)C(=O)N1CCC[C@H]1C(=O)O. The van der Waals surface area contributed by atoms with Crippen LogP contribution in [-0.4, -0.2) is 58.4 Å². The molecule has 0 saturated carbocycles. The molecular weight excluding hydrogens is 362 g/mol. The van der Waals surface area contributed by atoms with E-state index >= 15 is 0 Å². The molecule has 0 spiro atoms. The highest BCUT2D eigenvalue weighted by Crippen LogP contribution is 2.18. The molecule has 1 aliphatic heterocycles. The molecule has 1 saturated heterocycles. The molecule has 1 heterocycles. The van der Waals surface area contributed by atoms with Crippen molar-refractivity contribution in [2.45, 2.75) is 44.3 Å². The second-order valence-corrected chi connectivity index (χ2v) is 6.71. The van der Waals surface area contributed by atoms with Crippen molar-refractivity contribution in [3.63, 3.8) is 0 Å². The Kier molecular flexibility index (Phi) is 7.31. The standard InChI is InChI=1S/C20H25N3O5/c1-3-17(24)22-15(12-14-8-5-4-6-9-14)18(25)21-13(2)19(26)23-11-7-10-16(23)20(27)28/h3-6,8-9,13,15-16H,1,7,10-12H2,2H3,(H,21,25)(H,22,24)(H,27,28)/t13-,15-,16-/m0/s1. The first-order valence-corrected chi connectivity index (χ1v) is 9.14. The highest BCUT2D eigenvalue weighted by atomic mass is 16.4. The highest BCUT2D eigenvalue weighted by Gasteiger charge is 2.36. The number of amides is 3. The number of rotatable bonds is 8. The molecular formula is C20H25N3O5. The summed E-state index contributed by atoms with van der Waals surface area (Å²) in [4.78, 5) is 49.6. The van der Waals surface area contributed by atoms with Crippen LogP contribution in [0.5, 0.6) is 0 Å². The van der Waals surface area contributed by atoms with E-state index in [1.807, 2.05) is 30.3 Å². The average molecular weight is 387 g/mol. The van der Waals surface area contributed by atoms with E-state index in [0.29, 0.717) is 19.4 Å². The smallest absolute Gasteiger partial charge is 0.326 e. The quantitative estimate of drug-likeness (QED) is 0.561. The van der Waals surface area contributed by atoms with E-state index in [2.05, 4.69) is 17.2 Å². The average Bonchev–Trinajstić information content (AvgIpc) is 3.17. The summed E-state index contributed by atoms with van der Waals surface area (Å²) in [7, 11) is 0. The molecule has 0 aliphatic carbocycles. The van der Waals surface area contributed by atoms with Crippen molar-refractivity contribution in [3.8, 4) is 0 Å². The molecule has 28 heavy (non-hydrogen) atoms. The summed E-state index contributed by atoms with van der Waals surface area (Å²) in [5.74, 6) is -2.53. The van der Waals surface area contributed by atoms with Crippen molar-refractivity contribution < 1.29 is 24.3 Å². The zero-order chi connectivity index (χ0) is 20.7. The summed E-state index contributed by atoms with van der Waals surface area (Å²) in [6.07, 6.45) is 2.32. The molecule has 3 atom stereocenters. The Morgan fingerprint density at radius 1 is 1.25 bits per heavy atom. The van der Waals surface area contributed by atoms with Gasteiger partial charge < -0.3 is 20.6 Å². The van der Waals surface area contributed by atoms with Crippen LogP contribution in [0.15, 0.2) is 43.0 Å². The van der Waals surface area contributed by atoms with Gasteiger partial charge in [-0.1, -0.05) is 36.9 Å². The van der Waals surface area contributed by atoms with Crippen LogP contribution in [0.1, 0.15) is 25.3 Å². The number of carboxylic acid groups (broad SMARTS) is 1. The molecule has 2 rings (SSSR count). The topological polar surface area (TPSA) is 116 Å². The molecule has 3 amide bonds. The van der Waals surface area contributed by atoms with Crippen molar-refractivity contribution >= 4 is 23.7 Å². The molecule has 1 aromatic carbocycles. The molecule has 1 fully saturated rings. The molecule has 0 aromatic heterocycles. The minimum atomic E-state index is -1.05. The van der Waals surface area contributed by atoms with Crippen LogP contribution in [-0.2, 0) is 25.6 Å². The number of hydrogen-bond donors (Lipinski definition) is 3. The first kappa shape index (κ1) is 21.1. The third kappa shape index (κ3) is 5.42. The lowest BCUT2D eigenvalue weighted by atomic mass is 10.0. The summed E-state index contributed by atoms with van der Waals surface area (Å²) < 4.78 is 0. The predicted molar refractivity (Wildman–Crippen MR) is 102 cm³/mol. The summed E-state index contributed by atoms with van der Waals surface area (Å²) >= 11 is 0. The summed E-state index contributed by atoms with van der Waals surface area (Å²) in [6, 6.07) is 6.48. The zero-order valence-electron chi connectivity index (χ0n) is 15.8. The van der Waals surface area contributed by atoms with Gasteiger partial charge in [0.05, 0.1) is 0 Å². The molecule has 1 aromatic rings. The first-order chi connectivity index (χ1) is 13.3. The van der Waals surface area contributed by atoms with E-state index in [0.717, 1.165) is 11.6 Å². The van der Waals surface area contributed by atoms with E-state index in [1.54, 1.807) is 0 Å². The van der Waals surface area contributed by atoms with Crippen molar-refractivity contribution in [2.75, 3.05) is 6.54 Å². The van der Waals surface area contributed by atoms with Crippen LogP contribution >= 0.6 is 0 Å². The lowest BCUT2D eigenvalue weighted by molar-refractivity contribution is -0.149. The van der Waals surface area contributed by atoms with Crippen molar-refractivity contribution in [2.24, 2.45) is 0 Å². The Morgan fingerprint density at radius 2 is 1.93 bits per heavy atom. The monoisotopic (exact) mass is 387 g/mol. The molecule has 8 heteroatoms. The fourth-order valence-corrected chi connectivity index (χ4v) is 3.20. The Hall–Kier alpha value is -3.16. The maximum Gasteiger partial charge on any atom is 0.326 e. The van der Waals surface area contributed by atoms with Gasteiger partial charge in [-0.15, -0.1) is 0 Å². The number of carbonyl (C=O) groups is 4. The summed E-state index contributed by atoms with van der Waals surface area (Å²) in [6.45, 7) is 5.24. The summed E-state index contributed by atoms with van der Waals surface area (Å²) in [5.41, 5.74) is 0.844. The second-order valence-electron chi connectivity index (χ2n) is 6.71. The number of nitrogens with one attached hydrogen (secondary N) is 2. The Balaban J connectivity index is 2.06. The van der Waals surface area contributed by atoms with Crippen LogP contribution in [0.2, 0.25) is 0 Å². The molecule has 0 unspecified atom stereocenters. The lowest BCUT2D eigenvalue weighted by Gasteiger charge is -2.26. The van der Waals surface area contributed by atoms with Crippen LogP contribution in [0.3, 0.4) is 0 Å². The second kappa shape index (κ2) is 9.68. The number of aliphatic carboxylic acids is 1. The van der Waals surface area contributed by atoms with Gasteiger partial charge in [-0.3, -0.25) is 14.4 Å². The van der Waals surface area contributed by atoms with Gasteiger partial charge in [-0.2, -0.15) is 0 Å². The van der Waals surface area contributed by atoms with Crippen LogP contribution in [0.25, 0.3) is 0 Å². The normalized spacial score (nSPS) is 18.0. The number of nitrogens with zero attached hydrogens (tertiary/aromatic N) is 1. The van der Waals surface area contributed by atoms with E-state index in [4.69, 9.17) is 0 Å². The van der Waals surface area contributed by atoms with E-state index in [1.165, 1.54) is 11.8 Å². The van der Waals surface area contributed by atoms with Crippen molar-refractivity contribution in [1.29, 1.82) is 0 Å². The molecule has 3 N–H and O–H groups in total. The van der Waals surface area contributed by atoms with Gasteiger partial charge in [0.1, 0.15) is 18.1 Å². The van der Waals surface area contributed by atoms with Gasteiger partial charge in [0, 0.05) is 13.0 Å². The van der Waals surface area contributed by atoms with Crippen LogP contribution in [0.4, 0.5) is 0 Å². The van der Waals surface area contributed by atoms with E-state index < -0.39 is 41.8 Å². The third-order valence-electron chi connectivity index (χ3n) is 4.65. The maximum atomic E-state index is 12.7. The van der Waals surface area contributed by atoms with E-state index in [9.17, 15) is 24.3 Å². The third-order valence-corrected chi connectivity index (χ3v) is 4.65. The highest BCUT2D eigenvalue weighted by molar-refractivity contribution is 5.95. The van der Waals surface area contributed by atoms with Gasteiger partial charge >= 0.3 is 5.97 Å². The van der Waals surface area contributed by atoms with Crippen molar-refractivity contribution in [3.05, 3.63) is 48.6 Å². The number of carboxylic acids is 1. The predicted octanol–water partition coefficient (Wildman–Crippen LogP) is 0.480. The Labute approximate surface area is 163 Å². The molecule has 1 aliphatic rings. The minimum absolute atomic E-state index is 0.245. The van der Waals surface area contributed by atoms with Crippen molar-refractivity contribution in [1.82, 2.24) is 15.5 Å². The lowest BCUT2D eigenvalue weighted by Crippen LogP contribution is -2.55. The first-order valence-electron chi connectivity index (χ1n) is 9.14. The summed E-state index contributed by atoms with van der Waals surface area (Å²) in [5, 5.41) is 14.4. The van der Waals surface area contributed by atoms with Gasteiger partial charge in [0.15, 0.2) is 0 Å². The zero-order valence-corrected chi connectivity index (χ0v) is 15.8. The number of hydrogen-bond acceptors (Lipinski definition) is 4. The number of carbonyl (C=O) groups excluding carboxylic acids is 3.